The molecule has 1 aromatic rings. The van der Waals surface area contributed by atoms with E-state index in [1.807, 2.05) is 32.9 Å². The van der Waals surface area contributed by atoms with Gasteiger partial charge in [0.15, 0.2) is 0 Å². The summed E-state index contributed by atoms with van der Waals surface area (Å²) >= 11 is 0. The standard InChI is InChI=1S/C14H21NO/c1-5-6-12(4)14(16)15-13-8-10(2)7-11(3)9-13/h7-9,12H,5-6H2,1-4H3,(H,15,16). The van der Waals surface area contributed by atoms with Gasteiger partial charge in [-0.2, -0.15) is 0 Å². The van der Waals surface area contributed by atoms with Crippen molar-refractivity contribution in [1.82, 2.24) is 0 Å². The largest absolute Gasteiger partial charge is 0.326 e. The SMILES string of the molecule is CCCC(C)C(=O)Nc1cc(C)cc(C)c1. The van der Waals surface area contributed by atoms with Crippen LogP contribution in [-0.4, -0.2) is 5.91 Å². The fraction of sp³-hybridized carbons (Fsp3) is 0.500. The molecule has 1 N–H and O–H groups in total. The van der Waals surface area contributed by atoms with E-state index in [1.165, 1.54) is 11.1 Å². The third-order valence-corrected chi connectivity index (χ3v) is 2.66. The van der Waals surface area contributed by atoms with Gasteiger partial charge in [0.25, 0.3) is 0 Å². The van der Waals surface area contributed by atoms with Crippen molar-refractivity contribution in [3.05, 3.63) is 29.3 Å². The lowest BCUT2D eigenvalue weighted by atomic mass is 10.0. The predicted octanol–water partition coefficient (Wildman–Crippen LogP) is 3.68. The molecule has 0 saturated heterocycles. The van der Waals surface area contributed by atoms with Crippen LogP contribution in [0.2, 0.25) is 0 Å². The molecule has 1 amide bonds. The summed E-state index contributed by atoms with van der Waals surface area (Å²) in [6.45, 7) is 8.15. The third kappa shape index (κ3) is 3.69. The van der Waals surface area contributed by atoms with Gasteiger partial charge in [-0.1, -0.05) is 26.3 Å². The van der Waals surface area contributed by atoms with Crippen molar-refractivity contribution in [2.45, 2.75) is 40.5 Å². The van der Waals surface area contributed by atoms with Crippen LogP contribution in [0.1, 0.15) is 37.8 Å². The van der Waals surface area contributed by atoms with E-state index >= 15 is 0 Å². The van der Waals surface area contributed by atoms with E-state index in [9.17, 15) is 4.79 Å². The lowest BCUT2D eigenvalue weighted by Crippen LogP contribution is -2.20. The minimum atomic E-state index is 0.0887. The molecule has 1 rings (SSSR count). The number of carbonyl (C=O) groups is 1. The monoisotopic (exact) mass is 219 g/mol. The molecule has 1 unspecified atom stereocenters. The molecule has 2 heteroatoms. The second-order valence-corrected chi connectivity index (χ2v) is 4.56. The van der Waals surface area contributed by atoms with E-state index in [0.717, 1.165) is 18.5 Å². The summed E-state index contributed by atoms with van der Waals surface area (Å²) in [5.74, 6) is 0.206. The summed E-state index contributed by atoms with van der Waals surface area (Å²) in [6, 6.07) is 6.11. The Morgan fingerprint density at radius 2 is 1.81 bits per heavy atom. The number of amides is 1. The Balaban J connectivity index is 2.69. The molecule has 0 heterocycles. The normalized spacial score (nSPS) is 12.2. The number of nitrogens with one attached hydrogen (secondary N) is 1. The van der Waals surface area contributed by atoms with Crippen molar-refractivity contribution in [3.8, 4) is 0 Å². The highest BCUT2D eigenvalue weighted by molar-refractivity contribution is 5.92. The molecular formula is C14H21NO. The molecular weight excluding hydrogens is 198 g/mol. The number of hydrogen-bond acceptors (Lipinski definition) is 1. The Labute approximate surface area is 98.1 Å². The van der Waals surface area contributed by atoms with E-state index < -0.39 is 0 Å². The van der Waals surface area contributed by atoms with Crippen molar-refractivity contribution < 1.29 is 4.79 Å². The smallest absolute Gasteiger partial charge is 0.227 e. The zero-order chi connectivity index (χ0) is 12.1. The molecule has 0 radical (unpaired) electrons. The Bertz CT molecular complexity index is 351. The summed E-state index contributed by atoms with van der Waals surface area (Å²) in [7, 11) is 0. The van der Waals surface area contributed by atoms with E-state index in [0.29, 0.717) is 0 Å². The molecule has 1 aromatic carbocycles. The van der Waals surface area contributed by atoms with Crippen molar-refractivity contribution in [1.29, 1.82) is 0 Å². The Kier molecular flexibility index (Phi) is 4.53. The fourth-order valence-electron chi connectivity index (χ4n) is 1.88. The molecule has 0 saturated carbocycles. The average Bonchev–Trinajstić information content (AvgIpc) is 2.16. The van der Waals surface area contributed by atoms with Crippen molar-refractivity contribution in [3.63, 3.8) is 0 Å². The molecule has 0 fully saturated rings. The third-order valence-electron chi connectivity index (χ3n) is 2.66. The van der Waals surface area contributed by atoms with E-state index in [2.05, 4.69) is 18.3 Å². The molecule has 88 valence electrons. The molecule has 0 aliphatic rings. The first kappa shape index (κ1) is 12.8. The van der Waals surface area contributed by atoms with Gasteiger partial charge in [0.2, 0.25) is 5.91 Å². The van der Waals surface area contributed by atoms with Crippen LogP contribution in [0.4, 0.5) is 5.69 Å². The Morgan fingerprint density at radius 1 is 1.25 bits per heavy atom. The number of anilines is 1. The van der Waals surface area contributed by atoms with Gasteiger partial charge in [0.05, 0.1) is 0 Å². The van der Waals surface area contributed by atoms with Crippen LogP contribution in [0.3, 0.4) is 0 Å². The lowest BCUT2D eigenvalue weighted by Gasteiger charge is -2.12. The number of aryl methyl sites for hydroxylation is 2. The van der Waals surface area contributed by atoms with Gasteiger partial charge in [0, 0.05) is 11.6 Å². The van der Waals surface area contributed by atoms with Crippen LogP contribution in [0.15, 0.2) is 18.2 Å². The molecule has 0 spiro atoms. The van der Waals surface area contributed by atoms with E-state index in [-0.39, 0.29) is 11.8 Å². The number of rotatable bonds is 4. The highest BCUT2D eigenvalue weighted by Crippen LogP contribution is 2.15. The Hall–Kier alpha value is -1.31. The van der Waals surface area contributed by atoms with Gasteiger partial charge in [0.1, 0.15) is 0 Å². The number of carbonyl (C=O) groups excluding carboxylic acids is 1. The van der Waals surface area contributed by atoms with Crippen molar-refractivity contribution in [2.75, 3.05) is 5.32 Å². The zero-order valence-corrected chi connectivity index (χ0v) is 10.6. The second-order valence-electron chi connectivity index (χ2n) is 4.56. The highest BCUT2D eigenvalue weighted by atomic mass is 16.1. The molecule has 0 aromatic heterocycles. The maximum Gasteiger partial charge on any atom is 0.227 e. The minimum Gasteiger partial charge on any atom is -0.326 e. The molecule has 1 atom stereocenters. The van der Waals surface area contributed by atoms with Crippen LogP contribution in [0, 0.1) is 19.8 Å². The van der Waals surface area contributed by atoms with E-state index in [1.54, 1.807) is 0 Å². The van der Waals surface area contributed by atoms with Gasteiger partial charge < -0.3 is 5.32 Å². The maximum absolute atomic E-state index is 11.8. The molecule has 0 aliphatic heterocycles. The van der Waals surface area contributed by atoms with Gasteiger partial charge in [-0.25, -0.2) is 0 Å². The minimum absolute atomic E-state index is 0.0887. The van der Waals surface area contributed by atoms with Gasteiger partial charge >= 0.3 is 0 Å². The highest BCUT2D eigenvalue weighted by Gasteiger charge is 2.11. The molecule has 0 bridgehead atoms. The van der Waals surface area contributed by atoms with E-state index in [4.69, 9.17) is 0 Å². The molecule has 16 heavy (non-hydrogen) atoms. The van der Waals surface area contributed by atoms with Crippen LogP contribution in [-0.2, 0) is 4.79 Å². The van der Waals surface area contributed by atoms with Gasteiger partial charge in [-0.15, -0.1) is 0 Å². The quantitative estimate of drug-likeness (QED) is 0.822. The number of benzene rings is 1. The number of hydrogen-bond donors (Lipinski definition) is 1. The first-order valence-electron chi connectivity index (χ1n) is 5.92. The average molecular weight is 219 g/mol. The van der Waals surface area contributed by atoms with Crippen LogP contribution in [0.5, 0.6) is 0 Å². The summed E-state index contributed by atoms with van der Waals surface area (Å²) in [5.41, 5.74) is 3.27. The first-order chi connectivity index (χ1) is 7.52. The predicted molar refractivity (Wildman–Crippen MR) is 68.6 cm³/mol. The van der Waals surface area contributed by atoms with Crippen molar-refractivity contribution >= 4 is 11.6 Å². The summed E-state index contributed by atoms with van der Waals surface area (Å²) in [6.07, 6.45) is 1.98. The van der Waals surface area contributed by atoms with Crippen LogP contribution in [0.25, 0.3) is 0 Å². The van der Waals surface area contributed by atoms with Crippen LogP contribution >= 0.6 is 0 Å². The summed E-state index contributed by atoms with van der Waals surface area (Å²) in [5, 5.41) is 2.97. The van der Waals surface area contributed by atoms with Crippen LogP contribution < -0.4 is 5.32 Å². The topological polar surface area (TPSA) is 29.1 Å². The van der Waals surface area contributed by atoms with Gasteiger partial charge in [-0.3, -0.25) is 4.79 Å². The Morgan fingerprint density at radius 3 is 2.31 bits per heavy atom. The zero-order valence-electron chi connectivity index (χ0n) is 10.6. The maximum atomic E-state index is 11.8. The molecule has 2 nitrogen and oxygen atoms in total. The molecule has 0 aliphatic carbocycles. The fourth-order valence-corrected chi connectivity index (χ4v) is 1.88. The summed E-state index contributed by atoms with van der Waals surface area (Å²) in [4.78, 5) is 11.8. The summed E-state index contributed by atoms with van der Waals surface area (Å²) < 4.78 is 0. The van der Waals surface area contributed by atoms with Gasteiger partial charge in [-0.05, 0) is 43.5 Å². The first-order valence-corrected chi connectivity index (χ1v) is 5.92. The van der Waals surface area contributed by atoms with Crippen molar-refractivity contribution in [2.24, 2.45) is 5.92 Å². The second kappa shape index (κ2) is 5.69. The lowest BCUT2D eigenvalue weighted by molar-refractivity contribution is -0.119.